The van der Waals surface area contributed by atoms with Gasteiger partial charge in [-0.2, -0.15) is 13.2 Å². The molecule has 1 aromatic carbocycles. The van der Waals surface area contributed by atoms with Crippen LogP contribution in [0.25, 0.3) is 0 Å². The zero-order valence-corrected chi connectivity index (χ0v) is 9.67. The van der Waals surface area contributed by atoms with Gasteiger partial charge >= 0.3 is 12.1 Å². The van der Waals surface area contributed by atoms with Crippen molar-refractivity contribution >= 4 is 5.97 Å². The highest BCUT2D eigenvalue weighted by atomic mass is 19.4. The predicted octanol–water partition coefficient (Wildman–Crippen LogP) is 2.91. The number of hydrogen-bond donors (Lipinski definition) is 0. The smallest absolute Gasteiger partial charge is 0.416 e. The average molecular weight is 256 g/mol. The van der Waals surface area contributed by atoms with Gasteiger partial charge in [0, 0.05) is 5.41 Å². The van der Waals surface area contributed by atoms with E-state index in [0.29, 0.717) is 18.4 Å². The molecule has 2 aliphatic rings. The summed E-state index contributed by atoms with van der Waals surface area (Å²) in [4.78, 5) is 11.6. The molecule has 0 N–H and O–H groups in total. The van der Waals surface area contributed by atoms with E-state index in [9.17, 15) is 18.0 Å². The zero-order chi connectivity index (χ0) is 13.2. The Morgan fingerprint density at radius 3 is 2.56 bits per heavy atom. The van der Waals surface area contributed by atoms with Gasteiger partial charge in [0.2, 0.25) is 0 Å². The van der Waals surface area contributed by atoms with E-state index in [4.69, 9.17) is 4.74 Å². The summed E-state index contributed by atoms with van der Waals surface area (Å²) in [5.74, 6) is -0.306. The van der Waals surface area contributed by atoms with Crippen molar-refractivity contribution in [1.82, 2.24) is 0 Å². The number of methoxy groups -OCH3 is 1. The molecule has 0 amide bonds. The second kappa shape index (κ2) is 3.08. The third kappa shape index (κ3) is 1.27. The van der Waals surface area contributed by atoms with Gasteiger partial charge in [0.15, 0.2) is 0 Å². The molecule has 3 rings (SSSR count). The first-order valence-electron chi connectivity index (χ1n) is 5.62. The topological polar surface area (TPSA) is 26.3 Å². The highest BCUT2D eigenvalue weighted by Gasteiger charge is 2.88. The highest BCUT2D eigenvalue weighted by Crippen LogP contribution is 2.86. The molecule has 2 aliphatic carbocycles. The third-order valence-corrected chi connectivity index (χ3v) is 4.19. The lowest BCUT2D eigenvalue weighted by atomic mass is 10.0. The Balaban J connectivity index is 1.91. The second-order valence-corrected chi connectivity index (χ2v) is 5.09. The minimum atomic E-state index is -4.34. The van der Waals surface area contributed by atoms with Gasteiger partial charge in [-0.15, -0.1) is 0 Å². The molecule has 2 saturated carbocycles. The molecule has 0 radical (unpaired) electrons. The summed E-state index contributed by atoms with van der Waals surface area (Å²) < 4.78 is 42.6. The molecule has 0 spiro atoms. The molecule has 2 nitrogen and oxygen atoms in total. The van der Waals surface area contributed by atoms with Crippen molar-refractivity contribution in [3.8, 4) is 0 Å². The largest absolute Gasteiger partial charge is 0.469 e. The molecule has 0 unspecified atom stereocenters. The van der Waals surface area contributed by atoms with Gasteiger partial charge in [0.25, 0.3) is 0 Å². The quantitative estimate of drug-likeness (QED) is 0.760. The maximum Gasteiger partial charge on any atom is 0.416 e. The maximum absolute atomic E-state index is 12.6. The maximum atomic E-state index is 12.6. The number of fused-ring (bicyclic) bond motifs is 1. The lowest BCUT2D eigenvalue weighted by Gasteiger charge is -2.09. The van der Waals surface area contributed by atoms with E-state index in [0.717, 1.165) is 12.1 Å². The summed E-state index contributed by atoms with van der Waals surface area (Å²) in [7, 11) is 1.31. The van der Waals surface area contributed by atoms with E-state index in [-0.39, 0.29) is 11.4 Å². The molecule has 0 aromatic heterocycles. The standard InChI is InChI=1S/C13H11F3O2/c1-18-10(17)12-6-11(12,7-12)8-3-2-4-9(5-8)13(14,15)16/h2-5H,6-7H2,1H3. The summed E-state index contributed by atoms with van der Waals surface area (Å²) >= 11 is 0. The molecule has 96 valence electrons. The van der Waals surface area contributed by atoms with Crippen LogP contribution in [0.3, 0.4) is 0 Å². The molecular weight excluding hydrogens is 245 g/mol. The van der Waals surface area contributed by atoms with Crippen LogP contribution in [0.15, 0.2) is 24.3 Å². The van der Waals surface area contributed by atoms with E-state index < -0.39 is 17.2 Å². The van der Waals surface area contributed by atoms with Gasteiger partial charge in [-0.25, -0.2) is 0 Å². The molecule has 0 saturated heterocycles. The molecule has 2 fully saturated rings. The number of alkyl halides is 3. The van der Waals surface area contributed by atoms with Crippen molar-refractivity contribution in [2.45, 2.75) is 24.4 Å². The Hall–Kier alpha value is -1.52. The summed E-state index contributed by atoms with van der Waals surface area (Å²) in [6, 6.07) is 5.25. The number of hydrogen-bond acceptors (Lipinski definition) is 2. The first kappa shape index (κ1) is 11.6. The first-order valence-corrected chi connectivity index (χ1v) is 5.62. The average Bonchev–Trinajstić information content (AvgIpc) is 3.13. The molecular formula is C13H11F3O2. The number of carbonyl (C=O) groups excluding carboxylic acids is 1. The van der Waals surface area contributed by atoms with Crippen molar-refractivity contribution < 1.29 is 22.7 Å². The van der Waals surface area contributed by atoms with Crippen molar-refractivity contribution in [3.63, 3.8) is 0 Å². The van der Waals surface area contributed by atoms with Crippen LogP contribution in [0.5, 0.6) is 0 Å². The van der Waals surface area contributed by atoms with Crippen LogP contribution in [0.2, 0.25) is 0 Å². The normalized spacial score (nSPS) is 32.7. The monoisotopic (exact) mass is 256 g/mol. The number of rotatable bonds is 2. The van der Waals surface area contributed by atoms with Gasteiger partial charge in [-0.1, -0.05) is 18.2 Å². The van der Waals surface area contributed by atoms with Crippen LogP contribution in [0.1, 0.15) is 24.0 Å². The number of carbonyl (C=O) groups is 1. The Morgan fingerprint density at radius 2 is 2.00 bits per heavy atom. The van der Waals surface area contributed by atoms with Gasteiger partial charge in [-0.05, 0) is 24.5 Å². The van der Waals surface area contributed by atoms with Crippen LogP contribution < -0.4 is 0 Å². The second-order valence-electron chi connectivity index (χ2n) is 5.09. The van der Waals surface area contributed by atoms with Crippen molar-refractivity contribution in [2.24, 2.45) is 5.41 Å². The first-order chi connectivity index (χ1) is 8.36. The summed E-state index contributed by atoms with van der Waals surface area (Å²) in [6.45, 7) is 0. The summed E-state index contributed by atoms with van der Waals surface area (Å²) in [5, 5.41) is 0. The lowest BCUT2D eigenvalue weighted by molar-refractivity contribution is -0.144. The SMILES string of the molecule is COC(=O)C12CC1(c1cccc(C(F)(F)F)c1)C2. The molecule has 18 heavy (non-hydrogen) atoms. The Labute approximate surface area is 102 Å². The van der Waals surface area contributed by atoms with E-state index in [1.54, 1.807) is 6.07 Å². The molecule has 0 atom stereocenters. The molecule has 5 heteroatoms. The number of benzene rings is 1. The van der Waals surface area contributed by atoms with Gasteiger partial charge in [0.1, 0.15) is 0 Å². The fourth-order valence-corrected chi connectivity index (χ4v) is 2.90. The van der Waals surface area contributed by atoms with E-state index in [1.807, 2.05) is 0 Å². The molecule has 0 bridgehead atoms. The van der Waals surface area contributed by atoms with Crippen LogP contribution in [-0.2, 0) is 21.1 Å². The van der Waals surface area contributed by atoms with Gasteiger partial charge < -0.3 is 4.74 Å². The van der Waals surface area contributed by atoms with Gasteiger partial charge in [0.05, 0.1) is 18.1 Å². The highest BCUT2D eigenvalue weighted by molar-refractivity contribution is 5.90. The van der Waals surface area contributed by atoms with Crippen molar-refractivity contribution in [3.05, 3.63) is 35.4 Å². The van der Waals surface area contributed by atoms with E-state index >= 15 is 0 Å². The summed E-state index contributed by atoms with van der Waals surface area (Å²) in [5.41, 5.74) is -0.984. The number of esters is 1. The number of halogens is 3. The van der Waals surface area contributed by atoms with E-state index in [1.165, 1.54) is 13.2 Å². The molecule has 0 aliphatic heterocycles. The molecule has 0 heterocycles. The van der Waals surface area contributed by atoms with Crippen LogP contribution in [0.4, 0.5) is 13.2 Å². The summed E-state index contributed by atoms with van der Waals surface area (Å²) in [6.07, 6.45) is -3.13. The van der Waals surface area contributed by atoms with E-state index in [2.05, 4.69) is 0 Å². The van der Waals surface area contributed by atoms with Crippen LogP contribution >= 0.6 is 0 Å². The fourth-order valence-electron chi connectivity index (χ4n) is 2.90. The van der Waals surface area contributed by atoms with Crippen molar-refractivity contribution in [1.29, 1.82) is 0 Å². The Kier molecular flexibility index (Phi) is 1.98. The van der Waals surface area contributed by atoms with Gasteiger partial charge in [-0.3, -0.25) is 4.79 Å². The third-order valence-electron chi connectivity index (χ3n) is 4.19. The minimum Gasteiger partial charge on any atom is -0.469 e. The number of ether oxygens (including phenoxy) is 1. The minimum absolute atomic E-state index is 0.306. The zero-order valence-electron chi connectivity index (χ0n) is 9.67. The van der Waals surface area contributed by atoms with Crippen molar-refractivity contribution in [2.75, 3.05) is 7.11 Å². The van der Waals surface area contributed by atoms with Crippen LogP contribution in [0, 0.1) is 5.41 Å². The lowest BCUT2D eigenvalue weighted by Crippen LogP contribution is -2.08. The molecule has 1 aromatic rings. The predicted molar refractivity (Wildman–Crippen MR) is 56.8 cm³/mol. The fraction of sp³-hybridized carbons (Fsp3) is 0.462. The van der Waals surface area contributed by atoms with Crippen LogP contribution in [-0.4, -0.2) is 13.1 Å². The Morgan fingerprint density at radius 1 is 1.33 bits per heavy atom. The Bertz CT molecular complexity index is 527.